The minimum Gasteiger partial charge on any atom is -0.388 e. The van der Waals surface area contributed by atoms with E-state index in [-0.39, 0.29) is 18.4 Å². The van der Waals surface area contributed by atoms with Crippen LogP contribution >= 0.6 is 0 Å². The topological polar surface area (TPSA) is 111 Å². The van der Waals surface area contributed by atoms with E-state index in [1.807, 2.05) is 42.5 Å². The Hall–Kier alpha value is -3.07. The molecule has 1 saturated heterocycles. The van der Waals surface area contributed by atoms with Crippen molar-refractivity contribution in [1.82, 2.24) is 10.2 Å². The van der Waals surface area contributed by atoms with Crippen LogP contribution in [0.25, 0.3) is 11.1 Å². The highest BCUT2D eigenvalue weighted by atomic mass is 16.6. The van der Waals surface area contributed by atoms with Crippen molar-refractivity contribution in [2.75, 3.05) is 39.4 Å². The summed E-state index contributed by atoms with van der Waals surface area (Å²) in [5.41, 5.74) is 7.49. The Morgan fingerprint density at radius 2 is 1.66 bits per heavy atom. The molecular formula is C24H29N3O5. The average molecular weight is 440 g/mol. The zero-order valence-electron chi connectivity index (χ0n) is 18.0. The molecule has 0 aromatic heterocycles. The van der Waals surface area contributed by atoms with Crippen LogP contribution in [0.4, 0.5) is 0 Å². The van der Waals surface area contributed by atoms with Crippen LogP contribution in [0.5, 0.6) is 0 Å². The van der Waals surface area contributed by atoms with Crippen molar-refractivity contribution in [2.24, 2.45) is 5.73 Å². The van der Waals surface area contributed by atoms with Gasteiger partial charge in [-0.3, -0.25) is 9.69 Å². The van der Waals surface area contributed by atoms with Crippen LogP contribution in [0.1, 0.15) is 23.2 Å². The third-order valence-electron chi connectivity index (χ3n) is 5.31. The minimum absolute atomic E-state index is 0.0181. The first-order valence-electron chi connectivity index (χ1n) is 10.8. The van der Waals surface area contributed by atoms with Crippen LogP contribution in [-0.4, -0.2) is 68.2 Å². The molecule has 1 atom stereocenters. The molecule has 8 nitrogen and oxygen atoms in total. The van der Waals surface area contributed by atoms with Crippen LogP contribution in [0, 0.1) is 0 Å². The molecule has 0 aliphatic carbocycles. The highest BCUT2D eigenvalue weighted by Gasteiger charge is 2.24. The highest BCUT2D eigenvalue weighted by Crippen LogP contribution is 2.19. The number of hydrogen-bond donors (Lipinski definition) is 2. The predicted molar refractivity (Wildman–Crippen MR) is 120 cm³/mol. The maximum atomic E-state index is 12.6. The number of carbonyl (C=O) groups excluding carboxylic acids is 3. The zero-order chi connectivity index (χ0) is 22.8. The molecule has 1 amide bonds. The zero-order valence-corrected chi connectivity index (χ0v) is 18.0. The number of amides is 1. The molecule has 1 aliphatic rings. The van der Waals surface area contributed by atoms with Gasteiger partial charge in [-0.1, -0.05) is 42.5 Å². The number of nitrogens with zero attached hydrogens (tertiary/aromatic N) is 1. The SMILES string of the molecule is NC(=O)CC[C@H](NCCN1CCOCC1)C(=O)OC(=O)c1ccc(-c2ccccc2)cc1. The second-order valence-electron chi connectivity index (χ2n) is 7.62. The van der Waals surface area contributed by atoms with E-state index >= 15 is 0 Å². The Labute approximate surface area is 187 Å². The van der Waals surface area contributed by atoms with E-state index in [4.69, 9.17) is 15.2 Å². The fraction of sp³-hybridized carbons (Fsp3) is 0.375. The van der Waals surface area contributed by atoms with Crippen LogP contribution in [0.3, 0.4) is 0 Å². The Morgan fingerprint density at radius 1 is 1.00 bits per heavy atom. The molecule has 0 bridgehead atoms. The van der Waals surface area contributed by atoms with Crippen molar-refractivity contribution >= 4 is 17.8 Å². The molecule has 0 saturated carbocycles. The van der Waals surface area contributed by atoms with Gasteiger partial charge in [0.25, 0.3) is 0 Å². The first kappa shape index (κ1) is 23.6. The molecule has 3 rings (SSSR count). The van der Waals surface area contributed by atoms with Gasteiger partial charge >= 0.3 is 11.9 Å². The lowest BCUT2D eigenvalue weighted by atomic mass is 10.0. The van der Waals surface area contributed by atoms with Crippen LogP contribution in [0.15, 0.2) is 54.6 Å². The molecule has 1 heterocycles. The second kappa shape index (κ2) is 12.1. The van der Waals surface area contributed by atoms with Crippen LogP contribution in [0.2, 0.25) is 0 Å². The van der Waals surface area contributed by atoms with Gasteiger partial charge in [0.1, 0.15) is 6.04 Å². The lowest BCUT2D eigenvalue weighted by Crippen LogP contribution is -2.45. The summed E-state index contributed by atoms with van der Waals surface area (Å²) in [6.07, 6.45) is 0.182. The lowest BCUT2D eigenvalue weighted by Gasteiger charge is -2.27. The van der Waals surface area contributed by atoms with Crippen LogP contribution in [-0.2, 0) is 19.1 Å². The standard InChI is InChI=1S/C24H29N3O5/c25-22(28)11-10-21(26-12-13-27-14-16-31-17-15-27)24(30)32-23(29)20-8-6-19(7-9-20)18-4-2-1-3-5-18/h1-9,21,26H,10-17H2,(H2,25,28)/t21-/m0/s1. The number of morpholine rings is 1. The van der Waals surface area contributed by atoms with Gasteiger partial charge in [0, 0.05) is 32.6 Å². The van der Waals surface area contributed by atoms with Gasteiger partial charge in [-0.05, 0) is 29.7 Å². The van der Waals surface area contributed by atoms with Crippen molar-refractivity contribution in [3.05, 3.63) is 60.2 Å². The lowest BCUT2D eigenvalue weighted by molar-refractivity contribution is -0.140. The maximum Gasteiger partial charge on any atom is 0.345 e. The fourth-order valence-corrected chi connectivity index (χ4v) is 3.46. The fourth-order valence-electron chi connectivity index (χ4n) is 3.46. The summed E-state index contributed by atoms with van der Waals surface area (Å²) in [6, 6.07) is 15.8. The van der Waals surface area contributed by atoms with Gasteiger partial charge in [0.05, 0.1) is 18.8 Å². The number of ether oxygens (including phenoxy) is 2. The number of hydrogen-bond acceptors (Lipinski definition) is 7. The van der Waals surface area contributed by atoms with Gasteiger partial charge in [0.15, 0.2) is 0 Å². The highest BCUT2D eigenvalue weighted by molar-refractivity contribution is 5.98. The number of primary amides is 1. The monoisotopic (exact) mass is 439 g/mol. The van der Waals surface area contributed by atoms with E-state index in [1.54, 1.807) is 12.1 Å². The summed E-state index contributed by atoms with van der Waals surface area (Å²) in [6.45, 7) is 4.26. The van der Waals surface area contributed by atoms with E-state index in [9.17, 15) is 14.4 Å². The quantitative estimate of drug-likeness (QED) is 0.427. The molecular weight excluding hydrogens is 410 g/mol. The number of esters is 2. The Morgan fingerprint density at radius 3 is 2.31 bits per heavy atom. The Kier molecular flexibility index (Phi) is 8.91. The smallest absolute Gasteiger partial charge is 0.345 e. The van der Waals surface area contributed by atoms with Crippen molar-refractivity contribution in [3.63, 3.8) is 0 Å². The van der Waals surface area contributed by atoms with E-state index in [0.29, 0.717) is 19.8 Å². The minimum atomic E-state index is -0.795. The molecule has 2 aromatic rings. The van der Waals surface area contributed by atoms with Gasteiger partial charge in [-0.15, -0.1) is 0 Å². The number of nitrogens with one attached hydrogen (secondary N) is 1. The molecule has 0 radical (unpaired) electrons. The molecule has 1 fully saturated rings. The normalized spacial score (nSPS) is 15.1. The average Bonchev–Trinajstić information content (AvgIpc) is 2.82. The molecule has 8 heteroatoms. The Balaban J connectivity index is 1.55. The molecule has 0 spiro atoms. The maximum absolute atomic E-state index is 12.6. The summed E-state index contributed by atoms with van der Waals surface area (Å²) in [5, 5.41) is 3.09. The van der Waals surface area contributed by atoms with Gasteiger partial charge < -0.3 is 20.5 Å². The van der Waals surface area contributed by atoms with Crippen molar-refractivity contribution in [2.45, 2.75) is 18.9 Å². The summed E-state index contributed by atoms with van der Waals surface area (Å²) in [5.74, 6) is -1.96. The van der Waals surface area contributed by atoms with Crippen LogP contribution < -0.4 is 11.1 Å². The number of benzene rings is 2. The summed E-state index contributed by atoms with van der Waals surface area (Å²) < 4.78 is 10.4. The number of carbonyl (C=O) groups is 3. The number of rotatable bonds is 10. The van der Waals surface area contributed by atoms with Gasteiger partial charge in [-0.25, -0.2) is 9.59 Å². The summed E-state index contributed by atoms with van der Waals surface area (Å²) in [4.78, 5) is 38.5. The Bertz CT molecular complexity index is 896. The van der Waals surface area contributed by atoms with E-state index in [1.165, 1.54) is 0 Å². The molecule has 32 heavy (non-hydrogen) atoms. The third kappa shape index (κ3) is 7.26. The van der Waals surface area contributed by atoms with E-state index in [0.717, 1.165) is 30.8 Å². The molecule has 2 aromatic carbocycles. The second-order valence-corrected chi connectivity index (χ2v) is 7.62. The van der Waals surface area contributed by atoms with Crippen molar-refractivity contribution in [3.8, 4) is 11.1 Å². The molecule has 3 N–H and O–H groups in total. The molecule has 1 aliphatic heterocycles. The summed E-state index contributed by atoms with van der Waals surface area (Å²) >= 11 is 0. The third-order valence-corrected chi connectivity index (χ3v) is 5.31. The van der Waals surface area contributed by atoms with E-state index < -0.39 is 23.9 Å². The first-order chi connectivity index (χ1) is 15.5. The van der Waals surface area contributed by atoms with Crippen molar-refractivity contribution in [1.29, 1.82) is 0 Å². The first-order valence-corrected chi connectivity index (χ1v) is 10.8. The molecule has 170 valence electrons. The van der Waals surface area contributed by atoms with Gasteiger partial charge in [0.2, 0.25) is 5.91 Å². The predicted octanol–water partition coefficient (Wildman–Crippen LogP) is 1.59. The number of nitrogens with two attached hydrogens (primary N) is 1. The summed E-state index contributed by atoms with van der Waals surface area (Å²) in [7, 11) is 0. The van der Waals surface area contributed by atoms with E-state index in [2.05, 4.69) is 10.2 Å². The van der Waals surface area contributed by atoms with Crippen molar-refractivity contribution < 1.29 is 23.9 Å². The van der Waals surface area contributed by atoms with Gasteiger partial charge in [-0.2, -0.15) is 0 Å². The largest absolute Gasteiger partial charge is 0.388 e. The molecule has 0 unspecified atom stereocenters.